The normalized spacial score (nSPS) is 11.7. The summed E-state index contributed by atoms with van der Waals surface area (Å²) >= 11 is 0. The van der Waals surface area contributed by atoms with Gasteiger partial charge in [0.15, 0.2) is 6.54 Å². The Morgan fingerprint density at radius 3 is 2.94 bits per heavy atom. The summed E-state index contributed by atoms with van der Waals surface area (Å²) in [5.74, 6) is 0.688. The van der Waals surface area contributed by atoms with Crippen molar-refractivity contribution in [2.24, 2.45) is 5.73 Å². The van der Waals surface area contributed by atoms with Crippen molar-refractivity contribution in [3.05, 3.63) is 29.8 Å². The van der Waals surface area contributed by atoms with Gasteiger partial charge in [0.25, 0.3) is 0 Å². The molecule has 0 amide bonds. The van der Waals surface area contributed by atoms with E-state index >= 15 is 0 Å². The SMILES string of the molecule is Cc1ccccc1-c1nnn(CC(N)=[NH+]O)n1. The van der Waals surface area contributed by atoms with Crippen LogP contribution in [-0.2, 0) is 6.54 Å². The molecular formula is C10H13N6O+. The number of aromatic nitrogens is 4. The third kappa shape index (κ3) is 2.39. The molecule has 0 spiro atoms. The summed E-state index contributed by atoms with van der Waals surface area (Å²) in [6, 6.07) is 7.77. The largest absolute Gasteiger partial charge is 0.357 e. The van der Waals surface area contributed by atoms with Crippen molar-refractivity contribution in [1.82, 2.24) is 20.2 Å². The molecule has 0 radical (unpaired) electrons. The predicted molar refractivity (Wildman–Crippen MR) is 59.9 cm³/mol. The number of nitrogens with two attached hydrogens (primary N) is 1. The lowest BCUT2D eigenvalue weighted by Gasteiger charge is -1.98. The van der Waals surface area contributed by atoms with Gasteiger partial charge >= 0.3 is 5.84 Å². The quantitative estimate of drug-likeness (QED) is 0.258. The molecule has 7 heteroatoms. The summed E-state index contributed by atoms with van der Waals surface area (Å²) in [5, 5.41) is 22.4. The summed E-state index contributed by atoms with van der Waals surface area (Å²) in [7, 11) is 0. The average Bonchev–Trinajstić information content (AvgIpc) is 2.78. The van der Waals surface area contributed by atoms with E-state index < -0.39 is 0 Å². The van der Waals surface area contributed by atoms with Gasteiger partial charge in [-0.25, -0.2) is 0 Å². The van der Waals surface area contributed by atoms with Crippen LogP contribution in [-0.4, -0.2) is 31.3 Å². The van der Waals surface area contributed by atoms with Gasteiger partial charge in [0.05, 0.1) is 0 Å². The molecule has 0 atom stereocenters. The van der Waals surface area contributed by atoms with Crippen LogP contribution in [0.5, 0.6) is 0 Å². The molecule has 0 fully saturated rings. The maximum Gasteiger partial charge on any atom is 0.302 e. The summed E-state index contributed by atoms with van der Waals surface area (Å²) in [6.45, 7) is 2.14. The van der Waals surface area contributed by atoms with Gasteiger partial charge in [-0.15, -0.1) is 10.2 Å². The highest BCUT2D eigenvalue weighted by atomic mass is 16.4. The zero-order chi connectivity index (χ0) is 12.3. The second-order valence-corrected chi connectivity index (χ2v) is 3.60. The van der Waals surface area contributed by atoms with Gasteiger partial charge in [-0.3, -0.25) is 5.73 Å². The molecule has 88 valence electrons. The van der Waals surface area contributed by atoms with E-state index in [1.165, 1.54) is 4.80 Å². The number of amidine groups is 1. The van der Waals surface area contributed by atoms with Crippen LogP contribution in [0, 0.1) is 6.92 Å². The Labute approximate surface area is 97.6 Å². The van der Waals surface area contributed by atoms with Crippen molar-refractivity contribution >= 4 is 5.84 Å². The Bertz CT molecular complexity index is 547. The average molecular weight is 233 g/mol. The first-order chi connectivity index (χ1) is 8.20. The number of nitrogens with zero attached hydrogens (tertiary/aromatic N) is 4. The van der Waals surface area contributed by atoms with Crippen LogP contribution in [0.25, 0.3) is 11.4 Å². The van der Waals surface area contributed by atoms with Crippen LogP contribution in [0.1, 0.15) is 5.56 Å². The molecule has 0 saturated carbocycles. The molecular weight excluding hydrogens is 220 g/mol. The smallest absolute Gasteiger partial charge is 0.302 e. The van der Waals surface area contributed by atoms with Crippen molar-refractivity contribution in [1.29, 1.82) is 0 Å². The standard InChI is InChI=1S/C10H12N6O/c1-7-4-2-3-5-8(7)10-12-15-16(13-10)6-9(11)14-17/h2-5,17H,6H2,1H3,(H2,11,14)/p+1. The number of hydrogen-bond donors (Lipinski definition) is 3. The number of aryl methyl sites for hydroxylation is 1. The van der Waals surface area contributed by atoms with Crippen LogP contribution < -0.4 is 10.9 Å². The molecule has 1 aromatic heterocycles. The van der Waals surface area contributed by atoms with E-state index in [4.69, 9.17) is 10.9 Å². The zero-order valence-electron chi connectivity index (χ0n) is 9.33. The lowest BCUT2D eigenvalue weighted by Crippen LogP contribution is -2.72. The first-order valence-electron chi connectivity index (χ1n) is 5.06. The third-order valence-corrected chi connectivity index (χ3v) is 2.29. The first kappa shape index (κ1) is 11.1. The van der Waals surface area contributed by atoms with Crippen molar-refractivity contribution in [3.63, 3.8) is 0 Å². The summed E-state index contributed by atoms with van der Waals surface area (Å²) < 4.78 is 0. The van der Waals surface area contributed by atoms with Crippen LogP contribution in [0.15, 0.2) is 24.3 Å². The maximum absolute atomic E-state index is 8.56. The number of hydrogen-bond acceptors (Lipinski definition) is 4. The Morgan fingerprint density at radius 2 is 2.24 bits per heavy atom. The fourth-order valence-electron chi connectivity index (χ4n) is 1.43. The highest BCUT2D eigenvalue weighted by Gasteiger charge is 2.10. The van der Waals surface area contributed by atoms with E-state index in [9.17, 15) is 0 Å². The lowest BCUT2D eigenvalue weighted by molar-refractivity contribution is -0.739. The van der Waals surface area contributed by atoms with E-state index in [0.29, 0.717) is 5.82 Å². The number of benzene rings is 1. The van der Waals surface area contributed by atoms with E-state index in [0.717, 1.165) is 11.1 Å². The summed E-state index contributed by atoms with van der Waals surface area (Å²) in [6.07, 6.45) is 0. The van der Waals surface area contributed by atoms with E-state index in [-0.39, 0.29) is 12.4 Å². The molecule has 0 aliphatic heterocycles. The van der Waals surface area contributed by atoms with Crippen LogP contribution >= 0.6 is 0 Å². The van der Waals surface area contributed by atoms with Gasteiger partial charge in [0.1, 0.15) is 0 Å². The van der Waals surface area contributed by atoms with Crippen LogP contribution in [0.4, 0.5) is 0 Å². The van der Waals surface area contributed by atoms with E-state index in [2.05, 4.69) is 15.4 Å². The minimum Gasteiger partial charge on any atom is -0.357 e. The highest BCUT2D eigenvalue weighted by Crippen LogP contribution is 2.17. The van der Waals surface area contributed by atoms with Crippen molar-refractivity contribution in [2.75, 3.05) is 0 Å². The molecule has 0 unspecified atom stereocenters. The molecule has 7 nitrogen and oxygen atoms in total. The molecule has 17 heavy (non-hydrogen) atoms. The third-order valence-electron chi connectivity index (χ3n) is 2.29. The Hall–Kier alpha value is -2.44. The van der Waals surface area contributed by atoms with Crippen molar-refractivity contribution in [2.45, 2.75) is 13.5 Å². The molecule has 4 N–H and O–H groups in total. The fourth-order valence-corrected chi connectivity index (χ4v) is 1.43. The maximum atomic E-state index is 8.56. The zero-order valence-corrected chi connectivity index (χ0v) is 9.33. The minimum absolute atomic E-state index is 0.152. The van der Waals surface area contributed by atoms with Gasteiger partial charge in [-0.2, -0.15) is 4.80 Å². The number of tetrazole rings is 1. The second-order valence-electron chi connectivity index (χ2n) is 3.60. The molecule has 1 heterocycles. The van der Waals surface area contributed by atoms with E-state index in [1.54, 1.807) is 0 Å². The Morgan fingerprint density at radius 1 is 1.47 bits per heavy atom. The molecule has 0 aliphatic carbocycles. The van der Waals surface area contributed by atoms with Gasteiger partial charge in [0, 0.05) is 5.56 Å². The van der Waals surface area contributed by atoms with Crippen LogP contribution in [0.2, 0.25) is 0 Å². The highest BCUT2D eigenvalue weighted by molar-refractivity contribution is 5.73. The topological polar surface area (TPSA) is 104 Å². The van der Waals surface area contributed by atoms with Gasteiger partial charge in [-0.05, 0) is 17.7 Å². The lowest BCUT2D eigenvalue weighted by atomic mass is 10.1. The number of rotatable bonds is 3. The Balaban J connectivity index is 2.27. The molecule has 0 saturated heterocycles. The minimum atomic E-state index is 0.152. The predicted octanol–water partition coefficient (Wildman–Crippen LogP) is -1.52. The molecule has 0 bridgehead atoms. The monoisotopic (exact) mass is 233 g/mol. The van der Waals surface area contributed by atoms with E-state index in [1.807, 2.05) is 36.3 Å². The fraction of sp³-hybridized carbons (Fsp3) is 0.200. The summed E-state index contributed by atoms with van der Waals surface area (Å²) in [4.78, 5) is 1.31. The van der Waals surface area contributed by atoms with Crippen molar-refractivity contribution in [3.8, 4) is 11.4 Å². The molecule has 2 rings (SSSR count). The molecule has 1 aromatic carbocycles. The molecule has 0 aliphatic rings. The van der Waals surface area contributed by atoms with Crippen molar-refractivity contribution < 1.29 is 10.4 Å². The second kappa shape index (κ2) is 4.60. The van der Waals surface area contributed by atoms with Gasteiger partial charge < -0.3 is 5.21 Å². The Kier molecular flexibility index (Phi) is 2.99. The first-order valence-corrected chi connectivity index (χ1v) is 5.06. The van der Waals surface area contributed by atoms with Gasteiger partial charge in [0.2, 0.25) is 5.82 Å². The number of nitrogens with one attached hydrogen (secondary N) is 1. The van der Waals surface area contributed by atoms with Gasteiger partial charge in [-0.1, -0.05) is 29.4 Å². The summed E-state index contributed by atoms with van der Waals surface area (Å²) in [5.41, 5.74) is 7.41. The van der Waals surface area contributed by atoms with Crippen LogP contribution in [0.3, 0.4) is 0 Å². The molecule has 2 aromatic rings.